The van der Waals surface area contributed by atoms with Gasteiger partial charge in [0.1, 0.15) is 5.78 Å². The number of rotatable bonds is 3. The Morgan fingerprint density at radius 3 is 2.22 bits per heavy atom. The van der Waals surface area contributed by atoms with Gasteiger partial charge in [0.15, 0.2) is 0 Å². The lowest BCUT2D eigenvalue weighted by atomic mass is 9.77. The van der Waals surface area contributed by atoms with Crippen molar-refractivity contribution in [3.63, 3.8) is 0 Å². The third-order valence-electron chi connectivity index (χ3n) is 4.62. The molecule has 0 spiro atoms. The molecule has 0 aliphatic carbocycles. The molecule has 0 aromatic carbocycles. The van der Waals surface area contributed by atoms with Crippen LogP contribution in [0.2, 0.25) is 0 Å². The van der Waals surface area contributed by atoms with Crippen molar-refractivity contribution in [2.45, 2.75) is 60.8 Å². The highest BCUT2D eigenvalue weighted by Crippen LogP contribution is 2.34. The van der Waals surface area contributed by atoms with E-state index in [4.69, 9.17) is 0 Å². The molecule has 2 heteroatoms. The normalized spacial score (nSPS) is 23.8. The van der Waals surface area contributed by atoms with E-state index < -0.39 is 0 Å². The predicted molar refractivity (Wildman–Crippen MR) is 77.7 cm³/mol. The Bertz CT molecular complexity index is 288. The highest BCUT2D eigenvalue weighted by molar-refractivity contribution is 5.81. The van der Waals surface area contributed by atoms with E-state index >= 15 is 0 Å². The molecule has 0 radical (unpaired) electrons. The fraction of sp³-hybridized carbons (Fsp3) is 0.938. The number of Topliss-reactive ketones (excluding diaryl/α,β-unsaturated/α-hetero) is 1. The summed E-state index contributed by atoms with van der Waals surface area (Å²) in [6, 6.07) is 0. The largest absolute Gasteiger partial charge is 0.302 e. The molecule has 0 aromatic rings. The summed E-state index contributed by atoms with van der Waals surface area (Å²) in [5, 5.41) is 0. The van der Waals surface area contributed by atoms with E-state index in [2.05, 4.69) is 39.5 Å². The molecule has 2 nitrogen and oxygen atoms in total. The lowest BCUT2D eigenvalue weighted by molar-refractivity contribution is -0.125. The van der Waals surface area contributed by atoms with Crippen LogP contribution in [0.3, 0.4) is 0 Å². The van der Waals surface area contributed by atoms with Gasteiger partial charge in [-0.15, -0.1) is 0 Å². The Labute approximate surface area is 113 Å². The van der Waals surface area contributed by atoms with Gasteiger partial charge in [-0.1, -0.05) is 34.6 Å². The summed E-state index contributed by atoms with van der Waals surface area (Å²) < 4.78 is 0. The summed E-state index contributed by atoms with van der Waals surface area (Å²) in [4.78, 5) is 14.1. The Morgan fingerprint density at radius 2 is 1.72 bits per heavy atom. The second-order valence-electron chi connectivity index (χ2n) is 7.71. The Hall–Kier alpha value is -0.370. The summed E-state index contributed by atoms with van der Waals surface area (Å²) >= 11 is 0. The van der Waals surface area contributed by atoms with Crippen LogP contribution in [0.5, 0.6) is 0 Å². The first-order valence-electron chi connectivity index (χ1n) is 7.36. The van der Waals surface area contributed by atoms with Gasteiger partial charge in [0.2, 0.25) is 0 Å². The van der Waals surface area contributed by atoms with Gasteiger partial charge >= 0.3 is 0 Å². The number of carbonyl (C=O) groups is 1. The zero-order valence-electron chi connectivity index (χ0n) is 13.2. The van der Waals surface area contributed by atoms with Crippen LogP contribution in [-0.4, -0.2) is 30.3 Å². The molecule has 1 aliphatic heterocycles. The summed E-state index contributed by atoms with van der Waals surface area (Å²) in [6.07, 6.45) is 3.88. The highest BCUT2D eigenvalue weighted by atomic mass is 16.1. The molecule has 18 heavy (non-hydrogen) atoms. The van der Waals surface area contributed by atoms with E-state index in [-0.39, 0.29) is 5.41 Å². The summed E-state index contributed by atoms with van der Waals surface area (Å²) in [5.41, 5.74) is 0.230. The third kappa shape index (κ3) is 4.38. The van der Waals surface area contributed by atoms with Crippen molar-refractivity contribution in [1.29, 1.82) is 0 Å². The topological polar surface area (TPSA) is 20.3 Å². The maximum atomic E-state index is 11.6. The predicted octanol–water partition coefficient (Wildman–Crippen LogP) is 3.75. The van der Waals surface area contributed by atoms with Crippen LogP contribution < -0.4 is 0 Å². The van der Waals surface area contributed by atoms with E-state index in [1.165, 1.54) is 19.3 Å². The fourth-order valence-electron chi connectivity index (χ4n) is 2.85. The number of hydrogen-bond donors (Lipinski definition) is 0. The highest BCUT2D eigenvalue weighted by Gasteiger charge is 2.30. The first kappa shape index (κ1) is 15.7. The molecular weight excluding hydrogens is 222 g/mol. The average molecular weight is 253 g/mol. The van der Waals surface area contributed by atoms with Crippen LogP contribution in [0.25, 0.3) is 0 Å². The lowest BCUT2D eigenvalue weighted by Crippen LogP contribution is -2.39. The van der Waals surface area contributed by atoms with E-state index in [1.807, 2.05) is 0 Å². The number of hydrogen-bond acceptors (Lipinski definition) is 2. The first-order chi connectivity index (χ1) is 8.13. The zero-order valence-corrected chi connectivity index (χ0v) is 13.2. The van der Waals surface area contributed by atoms with Crippen molar-refractivity contribution in [3.8, 4) is 0 Å². The van der Waals surface area contributed by atoms with E-state index in [0.717, 1.165) is 25.6 Å². The molecule has 0 bridgehead atoms. The molecule has 1 saturated heterocycles. The molecule has 106 valence electrons. The van der Waals surface area contributed by atoms with Gasteiger partial charge in [0, 0.05) is 12.0 Å². The maximum Gasteiger partial charge on any atom is 0.136 e. The number of carbonyl (C=O) groups excluding carboxylic acids is 1. The number of nitrogens with zero attached hydrogens (tertiary/aromatic N) is 1. The fourth-order valence-corrected chi connectivity index (χ4v) is 2.85. The number of likely N-dealkylation sites (tertiary alicyclic amines) is 1. The zero-order chi connectivity index (χ0) is 14.0. The summed E-state index contributed by atoms with van der Waals surface area (Å²) in [7, 11) is 0. The van der Waals surface area contributed by atoms with E-state index in [9.17, 15) is 4.79 Å². The van der Waals surface area contributed by atoms with Crippen molar-refractivity contribution < 1.29 is 4.79 Å². The molecule has 1 aliphatic rings. The van der Waals surface area contributed by atoms with Crippen LogP contribution in [-0.2, 0) is 4.79 Å². The number of ketones is 1. The molecular formula is C16H31NO. The van der Waals surface area contributed by atoms with Crippen molar-refractivity contribution in [2.24, 2.45) is 16.7 Å². The molecule has 0 N–H and O–H groups in total. The Kier molecular flexibility index (Phi) is 4.99. The monoisotopic (exact) mass is 253 g/mol. The van der Waals surface area contributed by atoms with Gasteiger partial charge < -0.3 is 4.90 Å². The quantitative estimate of drug-likeness (QED) is 0.763. The minimum atomic E-state index is -0.193. The van der Waals surface area contributed by atoms with Crippen molar-refractivity contribution in [2.75, 3.05) is 19.6 Å². The van der Waals surface area contributed by atoms with E-state index in [1.54, 1.807) is 6.92 Å². The second kappa shape index (κ2) is 5.73. The molecule has 1 atom stereocenters. The molecule has 0 aromatic heterocycles. The molecule has 0 saturated carbocycles. The molecule has 1 rings (SSSR count). The van der Waals surface area contributed by atoms with Gasteiger partial charge in [-0.3, -0.25) is 4.79 Å². The molecule has 0 amide bonds. The second-order valence-corrected chi connectivity index (χ2v) is 7.71. The molecule has 1 fully saturated rings. The molecule has 1 heterocycles. The minimum Gasteiger partial charge on any atom is -0.302 e. The Morgan fingerprint density at radius 1 is 1.11 bits per heavy atom. The van der Waals surface area contributed by atoms with Gasteiger partial charge in [-0.2, -0.15) is 0 Å². The van der Waals surface area contributed by atoms with Crippen LogP contribution in [0, 0.1) is 16.7 Å². The van der Waals surface area contributed by atoms with Crippen LogP contribution in [0.4, 0.5) is 0 Å². The van der Waals surface area contributed by atoms with Gasteiger partial charge in [-0.25, -0.2) is 0 Å². The standard InChI is InChI=1S/C16H31NO/c1-13(18)16(5,6)12-17-10-7-8-14(9-11-17)15(2,3)4/h14H,7-12H2,1-6H3. The SMILES string of the molecule is CC(=O)C(C)(C)CN1CCCC(C(C)(C)C)CC1. The third-order valence-corrected chi connectivity index (χ3v) is 4.62. The van der Waals surface area contributed by atoms with Crippen LogP contribution in [0.1, 0.15) is 60.8 Å². The van der Waals surface area contributed by atoms with Crippen LogP contribution >= 0.6 is 0 Å². The van der Waals surface area contributed by atoms with Crippen molar-refractivity contribution in [1.82, 2.24) is 4.90 Å². The summed E-state index contributed by atoms with van der Waals surface area (Å²) in [6.45, 7) is 16.1. The van der Waals surface area contributed by atoms with Gasteiger partial charge in [0.05, 0.1) is 0 Å². The maximum absolute atomic E-state index is 11.6. The smallest absolute Gasteiger partial charge is 0.136 e. The van der Waals surface area contributed by atoms with Gasteiger partial charge in [-0.05, 0) is 50.6 Å². The first-order valence-corrected chi connectivity index (χ1v) is 7.36. The van der Waals surface area contributed by atoms with Crippen molar-refractivity contribution in [3.05, 3.63) is 0 Å². The summed E-state index contributed by atoms with van der Waals surface area (Å²) in [5.74, 6) is 1.13. The Balaban J connectivity index is 2.55. The minimum absolute atomic E-state index is 0.193. The lowest BCUT2D eigenvalue weighted by Gasteiger charge is -2.31. The molecule has 1 unspecified atom stereocenters. The van der Waals surface area contributed by atoms with Crippen molar-refractivity contribution >= 4 is 5.78 Å². The van der Waals surface area contributed by atoms with Crippen LogP contribution in [0.15, 0.2) is 0 Å². The average Bonchev–Trinajstić information content (AvgIpc) is 2.41. The van der Waals surface area contributed by atoms with Gasteiger partial charge in [0.25, 0.3) is 0 Å². The van der Waals surface area contributed by atoms with E-state index in [0.29, 0.717) is 11.2 Å².